The van der Waals surface area contributed by atoms with Gasteiger partial charge in [-0.3, -0.25) is 0 Å². The Morgan fingerprint density at radius 3 is 2.58 bits per heavy atom. The first-order valence-corrected chi connectivity index (χ1v) is 7.44. The number of ether oxygens (including phenoxy) is 2. The molecule has 0 amide bonds. The third kappa shape index (κ3) is 2.54. The van der Waals surface area contributed by atoms with E-state index in [1.54, 1.807) is 0 Å². The molecule has 0 aromatic heterocycles. The van der Waals surface area contributed by atoms with Gasteiger partial charge in [-0.05, 0) is 56.0 Å². The molecule has 19 heavy (non-hydrogen) atoms. The summed E-state index contributed by atoms with van der Waals surface area (Å²) in [7, 11) is 0. The van der Waals surface area contributed by atoms with Gasteiger partial charge in [0.05, 0.1) is 18.2 Å². The molecule has 0 saturated carbocycles. The summed E-state index contributed by atoms with van der Waals surface area (Å²) in [6.07, 6.45) is 3.24. The van der Waals surface area contributed by atoms with Crippen LogP contribution >= 0.6 is 11.6 Å². The zero-order chi connectivity index (χ0) is 13.2. The third-order valence-electron chi connectivity index (χ3n) is 4.04. The summed E-state index contributed by atoms with van der Waals surface area (Å²) < 4.78 is 11.6. The molecule has 0 aliphatic carbocycles. The molecule has 1 aromatic rings. The van der Waals surface area contributed by atoms with Gasteiger partial charge in [-0.2, -0.15) is 0 Å². The Labute approximate surface area is 119 Å². The number of piperidine rings is 1. The molecule has 3 rings (SSSR count). The molecule has 1 N–H and O–H groups in total. The largest absolute Gasteiger partial charge is 0.489 e. The number of nitrogens with one attached hydrogen (secondary N) is 1. The first kappa shape index (κ1) is 13.1. The second kappa shape index (κ2) is 5.59. The second-order valence-electron chi connectivity index (χ2n) is 5.31. The van der Waals surface area contributed by atoms with Crippen LogP contribution in [0.2, 0.25) is 5.02 Å². The van der Waals surface area contributed by atoms with E-state index in [0.717, 1.165) is 43.9 Å². The number of benzene rings is 1. The second-order valence-corrected chi connectivity index (χ2v) is 5.71. The van der Waals surface area contributed by atoms with Gasteiger partial charge in [0.1, 0.15) is 0 Å². The van der Waals surface area contributed by atoms with Crippen molar-refractivity contribution in [1.29, 1.82) is 0 Å². The van der Waals surface area contributed by atoms with E-state index in [9.17, 15) is 0 Å². The highest BCUT2D eigenvalue weighted by molar-refractivity contribution is 6.32. The van der Waals surface area contributed by atoms with E-state index in [-0.39, 0.29) is 0 Å². The van der Waals surface area contributed by atoms with Gasteiger partial charge in [-0.25, -0.2) is 0 Å². The van der Waals surface area contributed by atoms with Gasteiger partial charge in [0, 0.05) is 6.42 Å². The highest BCUT2D eigenvalue weighted by atomic mass is 35.5. The van der Waals surface area contributed by atoms with Crippen molar-refractivity contribution in [3.05, 3.63) is 22.2 Å². The van der Waals surface area contributed by atoms with Crippen LogP contribution in [0.5, 0.6) is 11.5 Å². The standard InChI is InChI=1S/C15H20ClNO2/c1-10-12(11-3-5-17-6-4-11)9-13(16)15-14(10)18-7-2-8-19-15/h9,11,17H,2-8H2,1H3. The van der Waals surface area contributed by atoms with Gasteiger partial charge in [-0.1, -0.05) is 11.6 Å². The number of fused-ring (bicyclic) bond motifs is 1. The summed E-state index contributed by atoms with van der Waals surface area (Å²) >= 11 is 6.39. The molecule has 0 atom stereocenters. The third-order valence-corrected chi connectivity index (χ3v) is 4.32. The first-order valence-electron chi connectivity index (χ1n) is 7.06. The molecular formula is C15H20ClNO2. The lowest BCUT2D eigenvalue weighted by atomic mass is 9.87. The Morgan fingerprint density at radius 1 is 1.16 bits per heavy atom. The Hall–Kier alpha value is -0.930. The Bertz CT molecular complexity index is 470. The highest BCUT2D eigenvalue weighted by Crippen LogP contribution is 2.44. The van der Waals surface area contributed by atoms with Crippen LogP contribution in [-0.4, -0.2) is 26.3 Å². The predicted molar refractivity (Wildman–Crippen MR) is 76.6 cm³/mol. The minimum absolute atomic E-state index is 0.580. The van der Waals surface area contributed by atoms with E-state index in [0.29, 0.717) is 24.2 Å². The molecule has 2 aliphatic rings. The lowest BCUT2D eigenvalue weighted by molar-refractivity contribution is 0.296. The van der Waals surface area contributed by atoms with Crippen molar-refractivity contribution in [3.63, 3.8) is 0 Å². The minimum Gasteiger partial charge on any atom is -0.489 e. The molecule has 1 aromatic carbocycles. The van der Waals surface area contributed by atoms with E-state index in [2.05, 4.69) is 18.3 Å². The van der Waals surface area contributed by atoms with Crippen molar-refractivity contribution in [3.8, 4) is 11.5 Å². The molecule has 4 heteroatoms. The van der Waals surface area contributed by atoms with Crippen molar-refractivity contribution < 1.29 is 9.47 Å². The summed E-state index contributed by atoms with van der Waals surface area (Å²) in [5.74, 6) is 2.17. The molecular weight excluding hydrogens is 262 g/mol. The summed E-state index contributed by atoms with van der Waals surface area (Å²) in [6, 6.07) is 2.08. The molecule has 0 bridgehead atoms. The first-order chi connectivity index (χ1) is 9.27. The van der Waals surface area contributed by atoms with Gasteiger partial charge in [0.15, 0.2) is 11.5 Å². The maximum Gasteiger partial charge on any atom is 0.180 e. The number of halogens is 1. The van der Waals surface area contributed by atoms with E-state index >= 15 is 0 Å². The topological polar surface area (TPSA) is 30.5 Å². The van der Waals surface area contributed by atoms with Gasteiger partial charge in [0.25, 0.3) is 0 Å². The van der Waals surface area contributed by atoms with Crippen LogP contribution in [0.4, 0.5) is 0 Å². The molecule has 0 unspecified atom stereocenters. The number of hydrogen-bond acceptors (Lipinski definition) is 3. The summed E-state index contributed by atoms with van der Waals surface area (Å²) in [6.45, 7) is 5.67. The van der Waals surface area contributed by atoms with Crippen LogP contribution in [0.3, 0.4) is 0 Å². The SMILES string of the molecule is Cc1c(C2CCNCC2)cc(Cl)c2c1OCCCO2. The lowest BCUT2D eigenvalue weighted by Gasteiger charge is -2.26. The van der Waals surface area contributed by atoms with Gasteiger partial charge in [-0.15, -0.1) is 0 Å². The molecule has 2 heterocycles. The zero-order valence-electron chi connectivity index (χ0n) is 11.3. The van der Waals surface area contributed by atoms with Crippen LogP contribution < -0.4 is 14.8 Å². The molecule has 0 spiro atoms. The average Bonchev–Trinajstić information content (AvgIpc) is 2.70. The molecule has 104 valence electrons. The van der Waals surface area contributed by atoms with Crippen LogP contribution in [0.1, 0.15) is 36.3 Å². The Balaban J connectivity index is 2.01. The Kier molecular flexibility index (Phi) is 3.85. The van der Waals surface area contributed by atoms with Crippen LogP contribution in [0, 0.1) is 6.92 Å². The maximum absolute atomic E-state index is 6.39. The molecule has 1 saturated heterocycles. The number of rotatable bonds is 1. The van der Waals surface area contributed by atoms with Crippen LogP contribution in [-0.2, 0) is 0 Å². The van der Waals surface area contributed by atoms with E-state index in [4.69, 9.17) is 21.1 Å². The molecule has 2 aliphatic heterocycles. The smallest absolute Gasteiger partial charge is 0.180 e. The molecule has 3 nitrogen and oxygen atoms in total. The monoisotopic (exact) mass is 281 g/mol. The maximum atomic E-state index is 6.39. The molecule has 0 radical (unpaired) electrons. The van der Waals surface area contributed by atoms with Crippen molar-refractivity contribution in [2.75, 3.05) is 26.3 Å². The van der Waals surface area contributed by atoms with Gasteiger partial charge < -0.3 is 14.8 Å². The van der Waals surface area contributed by atoms with Crippen molar-refractivity contribution in [2.45, 2.75) is 32.1 Å². The summed E-state index contributed by atoms with van der Waals surface area (Å²) in [5, 5.41) is 4.09. The quantitative estimate of drug-likeness (QED) is 0.857. The zero-order valence-corrected chi connectivity index (χ0v) is 12.1. The summed E-state index contributed by atoms with van der Waals surface area (Å²) in [4.78, 5) is 0. The van der Waals surface area contributed by atoms with Gasteiger partial charge in [0.2, 0.25) is 0 Å². The Morgan fingerprint density at radius 2 is 1.84 bits per heavy atom. The van der Waals surface area contributed by atoms with E-state index < -0.39 is 0 Å². The lowest BCUT2D eigenvalue weighted by Crippen LogP contribution is -2.27. The highest BCUT2D eigenvalue weighted by Gasteiger charge is 2.24. The van der Waals surface area contributed by atoms with Crippen molar-refractivity contribution in [1.82, 2.24) is 5.32 Å². The van der Waals surface area contributed by atoms with Gasteiger partial charge >= 0.3 is 0 Å². The fourth-order valence-corrected chi connectivity index (χ4v) is 3.25. The van der Waals surface area contributed by atoms with Crippen LogP contribution in [0.25, 0.3) is 0 Å². The van der Waals surface area contributed by atoms with E-state index in [1.807, 2.05) is 0 Å². The average molecular weight is 282 g/mol. The van der Waals surface area contributed by atoms with Crippen LogP contribution in [0.15, 0.2) is 6.07 Å². The fourth-order valence-electron chi connectivity index (χ4n) is 2.99. The van der Waals surface area contributed by atoms with Crippen molar-refractivity contribution in [2.24, 2.45) is 0 Å². The normalized spacial score (nSPS) is 20.1. The minimum atomic E-state index is 0.580. The van der Waals surface area contributed by atoms with E-state index in [1.165, 1.54) is 11.1 Å². The summed E-state index contributed by atoms with van der Waals surface area (Å²) in [5.41, 5.74) is 2.53. The number of hydrogen-bond donors (Lipinski definition) is 1. The van der Waals surface area contributed by atoms with Crippen molar-refractivity contribution >= 4 is 11.6 Å². The fraction of sp³-hybridized carbons (Fsp3) is 0.600. The molecule has 1 fully saturated rings. The predicted octanol–water partition coefficient (Wildman–Crippen LogP) is 3.28.